The maximum absolute atomic E-state index is 13.9. The van der Waals surface area contributed by atoms with E-state index in [1.807, 2.05) is 102 Å². The molecule has 1 aliphatic heterocycles. The second-order valence-corrected chi connectivity index (χ2v) is 9.85. The summed E-state index contributed by atoms with van der Waals surface area (Å²) in [5.41, 5.74) is 5.43. The fraction of sp³-hybridized carbons (Fsp3) is 0.219. The molecule has 6 heteroatoms. The molecule has 0 aliphatic carbocycles. The van der Waals surface area contributed by atoms with E-state index in [-0.39, 0.29) is 18.0 Å². The van der Waals surface area contributed by atoms with Crippen LogP contribution in [0.4, 0.5) is 4.79 Å². The minimum absolute atomic E-state index is 0.0535. The normalized spacial score (nSPS) is 14.9. The summed E-state index contributed by atoms with van der Waals surface area (Å²) in [6.45, 7) is 1.10. The molecular weight excluding hydrogens is 496 g/mol. The maximum Gasteiger partial charge on any atom is 0.318 e. The van der Waals surface area contributed by atoms with Gasteiger partial charge in [0.25, 0.3) is 0 Å². The van der Waals surface area contributed by atoms with Crippen LogP contribution in [0.3, 0.4) is 0 Å². The first-order chi connectivity index (χ1) is 18.6. The van der Waals surface area contributed by atoms with Crippen molar-refractivity contribution in [3.63, 3.8) is 0 Å². The van der Waals surface area contributed by atoms with Crippen LogP contribution in [0.1, 0.15) is 39.8 Å². The predicted octanol–water partition coefficient (Wildman–Crippen LogP) is 6.85. The van der Waals surface area contributed by atoms with Gasteiger partial charge < -0.3 is 19.7 Å². The number of urea groups is 1. The third-order valence-electron chi connectivity index (χ3n) is 7.17. The van der Waals surface area contributed by atoms with E-state index in [0.29, 0.717) is 36.0 Å². The SMILES string of the molecule is COc1cc2c(cc1OC)C(c1ccc(Cl)cc1)CN(C(=O)NC(c1ccccc1)c1ccccc1)CC2. The standard InChI is InChI=1S/C32H31ClN2O3/c1-37-29-19-25-17-18-35(21-28(27(25)20-30(29)38-2)22-13-15-26(33)16-14-22)32(36)34-31(23-9-5-3-6-10-23)24-11-7-4-8-12-24/h3-16,19-20,28,31H,17-18,21H2,1-2H3,(H,34,36). The molecule has 5 nitrogen and oxygen atoms in total. The highest BCUT2D eigenvalue weighted by Crippen LogP contribution is 2.39. The smallest absolute Gasteiger partial charge is 0.318 e. The third kappa shape index (κ3) is 5.48. The van der Waals surface area contributed by atoms with Crippen LogP contribution in [0.25, 0.3) is 0 Å². The van der Waals surface area contributed by atoms with Gasteiger partial charge in [-0.1, -0.05) is 84.4 Å². The number of carbonyl (C=O) groups is 1. The van der Waals surface area contributed by atoms with E-state index in [0.717, 1.165) is 27.8 Å². The Kier molecular flexibility index (Phi) is 7.85. The molecule has 4 aromatic rings. The highest BCUT2D eigenvalue weighted by atomic mass is 35.5. The van der Waals surface area contributed by atoms with E-state index in [2.05, 4.69) is 5.32 Å². The van der Waals surface area contributed by atoms with Crippen LogP contribution in [-0.2, 0) is 6.42 Å². The quantitative estimate of drug-likeness (QED) is 0.299. The van der Waals surface area contributed by atoms with Gasteiger partial charge in [-0.25, -0.2) is 4.79 Å². The Bertz CT molecular complexity index is 1340. The number of hydrogen-bond donors (Lipinski definition) is 1. The van der Waals surface area contributed by atoms with Crippen molar-refractivity contribution < 1.29 is 14.3 Å². The molecule has 4 aromatic carbocycles. The van der Waals surface area contributed by atoms with E-state index in [4.69, 9.17) is 21.1 Å². The Hall–Kier alpha value is -3.96. The van der Waals surface area contributed by atoms with Crippen molar-refractivity contribution in [1.82, 2.24) is 10.2 Å². The molecule has 1 aliphatic rings. The molecule has 0 radical (unpaired) electrons. The van der Waals surface area contributed by atoms with Gasteiger partial charge in [-0.05, 0) is 58.5 Å². The summed E-state index contributed by atoms with van der Waals surface area (Å²) in [5, 5.41) is 4.00. The minimum atomic E-state index is -0.260. The summed E-state index contributed by atoms with van der Waals surface area (Å²) >= 11 is 6.21. The number of methoxy groups -OCH3 is 2. The molecule has 0 aromatic heterocycles. The molecule has 1 atom stereocenters. The zero-order valence-electron chi connectivity index (χ0n) is 21.6. The highest BCUT2D eigenvalue weighted by molar-refractivity contribution is 6.30. The largest absolute Gasteiger partial charge is 0.493 e. The van der Waals surface area contributed by atoms with Crippen LogP contribution < -0.4 is 14.8 Å². The van der Waals surface area contributed by atoms with Gasteiger partial charge in [0.1, 0.15) is 0 Å². The Morgan fingerprint density at radius 2 is 1.45 bits per heavy atom. The number of rotatable bonds is 6. The number of nitrogens with one attached hydrogen (secondary N) is 1. The van der Waals surface area contributed by atoms with Crippen LogP contribution in [0.15, 0.2) is 97.1 Å². The van der Waals surface area contributed by atoms with Crippen molar-refractivity contribution in [3.05, 3.63) is 130 Å². The molecule has 0 saturated heterocycles. The molecule has 0 fully saturated rings. The Morgan fingerprint density at radius 1 is 0.868 bits per heavy atom. The molecule has 1 heterocycles. The summed E-state index contributed by atoms with van der Waals surface area (Å²) in [6.07, 6.45) is 0.703. The molecular formula is C32H31ClN2O3. The molecule has 0 spiro atoms. The van der Waals surface area contributed by atoms with Crippen LogP contribution >= 0.6 is 11.6 Å². The van der Waals surface area contributed by atoms with Gasteiger partial charge in [0.05, 0.1) is 20.3 Å². The Labute approximate surface area is 229 Å². The molecule has 0 bridgehead atoms. The van der Waals surface area contributed by atoms with Crippen molar-refractivity contribution in [2.75, 3.05) is 27.3 Å². The van der Waals surface area contributed by atoms with E-state index < -0.39 is 0 Å². The zero-order valence-corrected chi connectivity index (χ0v) is 22.3. The van der Waals surface area contributed by atoms with Gasteiger partial charge >= 0.3 is 6.03 Å². The first-order valence-electron chi connectivity index (χ1n) is 12.7. The summed E-state index contributed by atoms with van der Waals surface area (Å²) < 4.78 is 11.2. The van der Waals surface area contributed by atoms with Gasteiger partial charge in [0, 0.05) is 24.0 Å². The van der Waals surface area contributed by atoms with Gasteiger partial charge in [0.2, 0.25) is 0 Å². The average molecular weight is 527 g/mol. The molecule has 0 saturated carbocycles. The summed E-state index contributed by atoms with van der Waals surface area (Å²) in [4.78, 5) is 15.8. The minimum Gasteiger partial charge on any atom is -0.493 e. The van der Waals surface area contributed by atoms with Crippen molar-refractivity contribution in [2.24, 2.45) is 0 Å². The topological polar surface area (TPSA) is 50.8 Å². The number of halogens is 1. The third-order valence-corrected chi connectivity index (χ3v) is 7.42. The number of benzene rings is 4. The summed E-state index contributed by atoms with van der Waals surface area (Å²) in [7, 11) is 3.29. The summed E-state index contributed by atoms with van der Waals surface area (Å²) in [6, 6.07) is 31.7. The van der Waals surface area contributed by atoms with Crippen molar-refractivity contribution in [2.45, 2.75) is 18.4 Å². The zero-order chi connectivity index (χ0) is 26.5. The van der Waals surface area contributed by atoms with Crippen LogP contribution in [0, 0.1) is 0 Å². The van der Waals surface area contributed by atoms with Crippen molar-refractivity contribution in [1.29, 1.82) is 0 Å². The monoisotopic (exact) mass is 526 g/mol. The molecule has 1 N–H and O–H groups in total. The lowest BCUT2D eigenvalue weighted by Gasteiger charge is -2.29. The first kappa shape index (κ1) is 25.7. The van der Waals surface area contributed by atoms with Crippen molar-refractivity contribution in [3.8, 4) is 11.5 Å². The second kappa shape index (κ2) is 11.6. The van der Waals surface area contributed by atoms with Gasteiger partial charge in [0.15, 0.2) is 11.5 Å². The van der Waals surface area contributed by atoms with Gasteiger partial charge in [-0.15, -0.1) is 0 Å². The Morgan fingerprint density at radius 3 is 2.03 bits per heavy atom. The molecule has 5 rings (SSSR count). The van der Waals surface area contributed by atoms with E-state index in [9.17, 15) is 4.79 Å². The number of carbonyl (C=O) groups excluding carboxylic acids is 1. The summed E-state index contributed by atoms with van der Waals surface area (Å²) in [5.74, 6) is 1.31. The first-order valence-corrected chi connectivity index (χ1v) is 13.1. The number of fused-ring (bicyclic) bond motifs is 1. The lowest BCUT2D eigenvalue weighted by Crippen LogP contribution is -2.44. The van der Waals surface area contributed by atoms with Crippen LogP contribution in [-0.4, -0.2) is 38.2 Å². The van der Waals surface area contributed by atoms with Gasteiger partial charge in [-0.2, -0.15) is 0 Å². The maximum atomic E-state index is 13.9. The van der Waals surface area contributed by atoms with E-state index in [1.165, 1.54) is 0 Å². The molecule has 38 heavy (non-hydrogen) atoms. The molecule has 194 valence electrons. The average Bonchev–Trinajstić information content (AvgIpc) is 3.16. The van der Waals surface area contributed by atoms with Crippen LogP contribution in [0.2, 0.25) is 5.02 Å². The van der Waals surface area contributed by atoms with E-state index >= 15 is 0 Å². The lowest BCUT2D eigenvalue weighted by atomic mass is 9.87. The fourth-order valence-corrected chi connectivity index (χ4v) is 5.30. The van der Waals surface area contributed by atoms with Crippen molar-refractivity contribution >= 4 is 17.6 Å². The number of amides is 2. The number of nitrogens with zero attached hydrogens (tertiary/aromatic N) is 1. The predicted molar refractivity (Wildman–Crippen MR) is 151 cm³/mol. The fourth-order valence-electron chi connectivity index (χ4n) is 5.17. The lowest BCUT2D eigenvalue weighted by molar-refractivity contribution is 0.195. The molecule has 1 unspecified atom stereocenters. The number of ether oxygens (including phenoxy) is 2. The second-order valence-electron chi connectivity index (χ2n) is 9.41. The van der Waals surface area contributed by atoms with E-state index in [1.54, 1.807) is 14.2 Å². The van der Waals surface area contributed by atoms with Gasteiger partial charge in [-0.3, -0.25) is 0 Å². The Balaban J connectivity index is 1.49. The molecule has 2 amide bonds. The van der Waals surface area contributed by atoms with Crippen LogP contribution in [0.5, 0.6) is 11.5 Å². The number of hydrogen-bond acceptors (Lipinski definition) is 3. The highest BCUT2D eigenvalue weighted by Gasteiger charge is 2.30.